The number of rotatable bonds is 8. The van der Waals surface area contributed by atoms with Crippen LogP contribution >= 0.6 is 23.5 Å². The zero-order valence-corrected chi connectivity index (χ0v) is 17.7. The molecule has 0 atom stereocenters. The van der Waals surface area contributed by atoms with Crippen LogP contribution < -0.4 is 0 Å². The molecular weight excluding hydrogens is 412 g/mol. The van der Waals surface area contributed by atoms with Crippen molar-refractivity contribution in [1.29, 1.82) is 0 Å². The number of carbonyl (C=O) groups is 2. The summed E-state index contributed by atoms with van der Waals surface area (Å²) < 4.78 is 0. The first-order chi connectivity index (χ1) is 14.7. The Morgan fingerprint density at radius 2 is 0.933 bits per heavy atom. The van der Waals surface area contributed by atoms with E-state index >= 15 is 0 Å². The van der Waals surface area contributed by atoms with Gasteiger partial charge >= 0.3 is 0 Å². The number of para-hydroxylation sites is 2. The van der Waals surface area contributed by atoms with Crippen molar-refractivity contribution in [2.24, 2.45) is 0 Å². The average molecular weight is 431 g/mol. The van der Waals surface area contributed by atoms with Gasteiger partial charge in [0.1, 0.15) is 10.1 Å². The Morgan fingerprint density at radius 1 is 0.567 bits per heavy atom. The van der Waals surface area contributed by atoms with E-state index in [0.29, 0.717) is 21.2 Å². The first kappa shape index (κ1) is 20.3. The molecule has 0 aliphatic rings. The van der Waals surface area contributed by atoms with E-state index in [4.69, 9.17) is 9.97 Å². The Labute approximate surface area is 183 Å². The van der Waals surface area contributed by atoms with Gasteiger partial charge in [-0.3, -0.25) is 9.59 Å². The van der Waals surface area contributed by atoms with Gasteiger partial charge in [-0.1, -0.05) is 96.3 Å². The van der Waals surface area contributed by atoms with Gasteiger partial charge in [-0.15, -0.1) is 0 Å². The number of benzene rings is 3. The van der Waals surface area contributed by atoms with Gasteiger partial charge in [0.15, 0.2) is 11.6 Å². The van der Waals surface area contributed by atoms with Crippen LogP contribution in [-0.4, -0.2) is 33.0 Å². The van der Waals surface area contributed by atoms with Crippen LogP contribution in [0.4, 0.5) is 0 Å². The van der Waals surface area contributed by atoms with Crippen LogP contribution in [0.5, 0.6) is 0 Å². The lowest BCUT2D eigenvalue weighted by Gasteiger charge is -2.09. The SMILES string of the molecule is O=C(CSc1nc2ccccc2nc1SCC(=O)c1ccccc1)c1ccccc1. The summed E-state index contributed by atoms with van der Waals surface area (Å²) in [7, 11) is 0. The van der Waals surface area contributed by atoms with E-state index in [-0.39, 0.29) is 23.1 Å². The topological polar surface area (TPSA) is 59.9 Å². The minimum atomic E-state index is 0.0341. The molecule has 4 rings (SSSR count). The predicted molar refractivity (Wildman–Crippen MR) is 123 cm³/mol. The number of hydrogen-bond acceptors (Lipinski definition) is 6. The van der Waals surface area contributed by atoms with Crippen LogP contribution in [0, 0.1) is 0 Å². The zero-order valence-electron chi connectivity index (χ0n) is 16.0. The van der Waals surface area contributed by atoms with Crippen molar-refractivity contribution in [3.05, 3.63) is 96.1 Å². The van der Waals surface area contributed by atoms with E-state index < -0.39 is 0 Å². The summed E-state index contributed by atoms with van der Waals surface area (Å²) in [6, 6.07) is 26.0. The third-order valence-corrected chi connectivity index (χ3v) is 6.44. The van der Waals surface area contributed by atoms with Crippen molar-refractivity contribution in [2.45, 2.75) is 10.1 Å². The molecule has 0 unspecified atom stereocenters. The molecule has 4 nitrogen and oxygen atoms in total. The molecule has 148 valence electrons. The summed E-state index contributed by atoms with van der Waals surface area (Å²) in [6.45, 7) is 0. The Hall–Kier alpha value is -2.96. The zero-order chi connectivity index (χ0) is 20.8. The van der Waals surface area contributed by atoms with E-state index in [2.05, 4.69) is 0 Å². The van der Waals surface area contributed by atoms with Gasteiger partial charge in [0.05, 0.1) is 22.5 Å². The second-order valence-corrected chi connectivity index (χ2v) is 8.41. The number of hydrogen-bond donors (Lipinski definition) is 0. The van der Waals surface area contributed by atoms with E-state index in [1.54, 1.807) is 0 Å². The molecule has 1 aromatic heterocycles. The summed E-state index contributed by atoms with van der Waals surface area (Å²) >= 11 is 2.71. The molecule has 0 saturated heterocycles. The highest BCUT2D eigenvalue weighted by Gasteiger charge is 2.15. The predicted octanol–water partition coefficient (Wildman–Crippen LogP) is 5.58. The number of Topliss-reactive ketones (excluding diaryl/α,β-unsaturated/α-hetero) is 2. The fourth-order valence-corrected chi connectivity index (χ4v) is 4.72. The Kier molecular flexibility index (Phi) is 6.57. The van der Waals surface area contributed by atoms with Gasteiger partial charge in [-0.25, -0.2) is 9.97 Å². The van der Waals surface area contributed by atoms with E-state index in [1.807, 2.05) is 84.9 Å². The summed E-state index contributed by atoms with van der Waals surface area (Å²) in [5, 5.41) is 1.34. The Balaban J connectivity index is 1.54. The second-order valence-electron chi connectivity index (χ2n) is 6.48. The van der Waals surface area contributed by atoms with Gasteiger partial charge in [0, 0.05) is 11.1 Å². The number of carbonyl (C=O) groups excluding carboxylic acids is 2. The first-order valence-electron chi connectivity index (χ1n) is 9.39. The van der Waals surface area contributed by atoms with Crippen molar-refractivity contribution in [1.82, 2.24) is 9.97 Å². The third-order valence-electron chi connectivity index (χ3n) is 4.38. The lowest BCUT2D eigenvalue weighted by atomic mass is 10.2. The standard InChI is InChI=1S/C24H18N2O2S2/c27-21(17-9-3-1-4-10-17)15-29-23-24(26-20-14-8-7-13-19(20)25-23)30-16-22(28)18-11-5-2-6-12-18/h1-14H,15-16H2. The van der Waals surface area contributed by atoms with E-state index in [1.165, 1.54) is 23.5 Å². The van der Waals surface area contributed by atoms with Gasteiger partial charge in [-0.2, -0.15) is 0 Å². The number of ketones is 2. The normalized spacial score (nSPS) is 10.8. The Bertz CT molecular complexity index is 1090. The highest BCUT2D eigenvalue weighted by atomic mass is 32.2. The van der Waals surface area contributed by atoms with Crippen molar-refractivity contribution in [3.63, 3.8) is 0 Å². The van der Waals surface area contributed by atoms with Crippen LogP contribution in [0.1, 0.15) is 20.7 Å². The van der Waals surface area contributed by atoms with Crippen LogP contribution in [-0.2, 0) is 0 Å². The van der Waals surface area contributed by atoms with Gasteiger partial charge in [0.25, 0.3) is 0 Å². The molecule has 0 bridgehead atoms. The summed E-state index contributed by atoms with van der Waals surface area (Å²) in [5.74, 6) is 0.591. The molecule has 0 radical (unpaired) electrons. The summed E-state index contributed by atoms with van der Waals surface area (Å²) in [5.41, 5.74) is 2.89. The van der Waals surface area contributed by atoms with E-state index in [9.17, 15) is 9.59 Å². The molecule has 0 aliphatic heterocycles. The molecule has 0 N–H and O–H groups in total. The molecule has 6 heteroatoms. The van der Waals surface area contributed by atoms with Crippen LogP contribution in [0.2, 0.25) is 0 Å². The number of thioether (sulfide) groups is 2. The highest BCUT2D eigenvalue weighted by molar-refractivity contribution is 8.02. The fraction of sp³-hybridized carbons (Fsp3) is 0.0833. The molecule has 0 saturated carbocycles. The number of nitrogens with zero attached hydrogens (tertiary/aromatic N) is 2. The van der Waals surface area contributed by atoms with Crippen molar-refractivity contribution < 1.29 is 9.59 Å². The Morgan fingerprint density at radius 3 is 1.33 bits per heavy atom. The maximum Gasteiger partial charge on any atom is 0.173 e. The fourth-order valence-electron chi connectivity index (χ4n) is 2.84. The minimum Gasteiger partial charge on any atom is -0.293 e. The molecular formula is C24H18N2O2S2. The minimum absolute atomic E-state index is 0.0341. The lowest BCUT2D eigenvalue weighted by Crippen LogP contribution is -2.05. The molecule has 4 aromatic rings. The molecule has 1 heterocycles. The quantitative estimate of drug-likeness (QED) is 0.269. The van der Waals surface area contributed by atoms with Gasteiger partial charge in [-0.05, 0) is 12.1 Å². The molecule has 30 heavy (non-hydrogen) atoms. The average Bonchev–Trinajstić information content (AvgIpc) is 2.81. The number of fused-ring (bicyclic) bond motifs is 1. The van der Waals surface area contributed by atoms with Gasteiger partial charge < -0.3 is 0 Å². The summed E-state index contributed by atoms with van der Waals surface area (Å²) in [4.78, 5) is 34.4. The summed E-state index contributed by atoms with van der Waals surface area (Å²) in [6.07, 6.45) is 0. The largest absolute Gasteiger partial charge is 0.293 e. The maximum absolute atomic E-state index is 12.5. The van der Waals surface area contributed by atoms with Crippen molar-refractivity contribution in [2.75, 3.05) is 11.5 Å². The number of aromatic nitrogens is 2. The smallest absolute Gasteiger partial charge is 0.173 e. The monoisotopic (exact) mass is 430 g/mol. The molecule has 3 aromatic carbocycles. The second kappa shape index (κ2) is 9.69. The van der Waals surface area contributed by atoms with Crippen molar-refractivity contribution in [3.8, 4) is 0 Å². The first-order valence-corrected chi connectivity index (χ1v) is 11.4. The molecule has 0 fully saturated rings. The molecule has 0 spiro atoms. The highest BCUT2D eigenvalue weighted by Crippen LogP contribution is 2.30. The lowest BCUT2D eigenvalue weighted by molar-refractivity contribution is 0.101. The molecule has 0 aliphatic carbocycles. The third kappa shape index (κ3) is 4.96. The van der Waals surface area contributed by atoms with Crippen LogP contribution in [0.15, 0.2) is 95.0 Å². The molecule has 0 amide bonds. The van der Waals surface area contributed by atoms with Gasteiger partial charge in [0.2, 0.25) is 0 Å². The maximum atomic E-state index is 12.5. The van der Waals surface area contributed by atoms with E-state index in [0.717, 1.165) is 11.0 Å². The van der Waals surface area contributed by atoms with Crippen LogP contribution in [0.25, 0.3) is 11.0 Å². The van der Waals surface area contributed by atoms with Crippen molar-refractivity contribution >= 4 is 46.1 Å². The van der Waals surface area contributed by atoms with Crippen LogP contribution in [0.3, 0.4) is 0 Å².